The van der Waals surface area contributed by atoms with Gasteiger partial charge in [-0.1, -0.05) is 108 Å². The molecule has 0 saturated heterocycles. The van der Waals surface area contributed by atoms with E-state index in [4.69, 9.17) is 4.74 Å². The highest BCUT2D eigenvalue weighted by molar-refractivity contribution is 6.70. The molecule has 0 amide bonds. The van der Waals surface area contributed by atoms with Gasteiger partial charge in [0, 0.05) is 6.61 Å². The molecule has 0 bridgehead atoms. The third kappa shape index (κ3) is 25.8. The summed E-state index contributed by atoms with van der Waals surface area (Å²) in [5.41, 5.74) is 1.12. The molecule has 0 fully saturated rings. The average molecular weight is 401 g/mol. The molecule has 0 aromatic heterocycles. The molecule has 0 N–H and O–H groups in total. The van der Waals surface area contributed by atoms with E-state index < -0.39 is 8.41 Å². The first-order valence-corrected chi connectivity index (χ1v) is 14.9. The first-order chi connectivity index (χ1) is 12.9. The van der Waals surface area contributed by atoms with Crippen LogP contribution in [0.4, 0.5) is 4.11 Å². The van der Waals surface area contributed by atoms with Crippen LogP contribution in [0.1, 0.15) is 110 Å². The lowest BCUT2D eigenvalue weighted by Gasteiger charge is -2.09. The molecule has 27 heavy (non-hydrogen) atoms. The Morgan fingerprint density at radius 3 is 1.33 bits per heavy atom. The van der Waals surface area contributed by atoms with Crippen molar-refractivity contribution < 1.29 is 8.84 Å². The molecule has 0 spiro atoms. The molecule has 0 aliphatic heterocycles. The maximum absolute atomic E-state index is 13.5. The number of rotatable bonds is 21. The van der Waals surface area contributed by atoms with E-state index in [0.717, 1.165) is 31.3 Å². The van der Waals surface area contributed by atoms with E-state index in [1.165, 1.54) is 96.3 Å². The Morgan fingerprint density at radius 2 is 1.00 bits per heavy atom. The average Bonchev–Trinajstić information content (AvgIpc) is 2.58. The molecule has 0 aromatic carbocycles. The molecule has 0 saturated carbocycles. The summed E-state index contributed by atoms with van der Waals surface area (Å²) in [7, 11) is -2.28. The predicted molar refractivity (Wildman–Crippen MR) is 123 cm³/mol. The quantitative estimate of drug-likeness (QED) is 0.0808. The van der Waals surface area contributed by atoms with Gasteiger partial charge >= 0.3 is 0 Å². The fraction of sp³-hybridized carbons (Fsp3) is 0.917. The van der Waals surface area contributed by atoms with Crippen molar-refractivity contribution in [3.8, 4) is 0 Å². The van der Waals surface area contributed by atoms with Gasteiger partial charge in [0.25, 0.3) is 0 Å². The maximum Gasteiger partial charge on any atom is 0.240 e. The third-order valence-electron chi connectivity index (χ3n) is 5.16. The van der Waals surface area contributed by atoms with Crippen LogP contribution in [0.3, 0.4) is 0 Å². The predicted octanol–water partition coefficient (Wildman–Crippen LogP) is 9.00. The molecule has 3 heteroatoms. The van der Waals surface area contributed by atoms with Crippen LogP contribution in [0, 0.1) is 0 Å². The van der Waals surface area contributed by atoms with Crippen molar-refractivity contribution in [3.63, 3.8) is 0 Å². The second-order valence-electron chi connectivity index (χ2n) is 9.14. The highest BCUT2D eigenvalue weighted by Crippen LogP contribution is 2.17. The summed E-state index contributed by atoms with van der Waals surface area (Å²) in [5, 5.41) is 0. The number of hydrogen-bond donors (Lipinski definition) is 0. The summed E-state index contributed by atoms with van der Waals surface area (Å²) in [4.78, 5) is 0. The Balaban J connectivity index is 3.04. The summed E-state index contributed by atoms with van der Waals surface area (Å²) in [6.07, 6.45) is 21.6. The standard InChI is InChI=1S/C24H49FOSi/c1-24(2)23-26-21-19-17-15-13-11-9-7-5-6-8-10-12-14-16-18-20-22-27(3,4)25/h1,5-23H2,2-4H3. The lowest BCUT2D eigenvalue weighted by atomic mass is 10.0. The van der Waals surface area contributed by atoms with Gasteiger partial charge in [-0.3, -0.25) is 0 Å². The van der Waals surface area contributed by atoms with E-state index >= 15 is 0 Å². The molecule has 0 aliphatic carbocycles. The summed E-state index contributed by atoms with van der Waals surface area (Å²) in [6.45, 7) is 11.1. The van der Waals surface area contributed by atoms with E-state index in [-0.39, 0.29) is 0 Å². The van der Waals surface area contributed by atoms with Crippen LogP contribution in [-0.4, -0.2) is 21.6 Å². The molecular formula is C24H49FOSi. The molecule has 0 aromatic rings. The largest absolute Gasteiger partial charge is 0.377 e. The van der Waals surface area contributed by atoms with Crippen LogP contribution in [0.5, 0.6) is 0 Å². The van der Waals surface area contributed by atoms with Gasteiger partial charge in [0.2, 0.25) is 8.41 Å². The van der Waals surface area contributed by atoms with Crippen LogP contribution in [0.15, 0.2) is 12.2 Å². The topological polar surface area (TPSA) is 9.23 Å². The smallest absolute Gasteiger partial charge is 0.240 e. The van der Waals surface area contributed by atoms with Gasteiger partial charge in [0.15, 0.2) is 0 Å². The summed E-state index contributed by atoms with van der Waals surface area (Å²) in [6, 6.07) is 0.858. The zero-order valence-corrected chi connectivity index (χ0v) is 19.9. The SMILES string of the molecule is C=C(C)COCCCCCCCCCCCCCCCCCC[Si](C)(C)F. The fourth-order valence-electron chi connectivity index (χ4n) is 3.47. The third-order valence-corrected chi connectivity index (χ3v) is 6.70. The van der Waals surface area contributed by atoms with E-state index in [1.807, 2.05) is 20.0 Å². The van der Waals surface area contributed by atoms with E-state index in [9.17, 15) is 4.11 Å². The van der Waals surface area contributed by atoms with Gasteiger partial charge in [-0.15, -0.1) is 0 Å². The van der Waals surface area contributed by atoms with E-state index in [1.54, 1.807) is 0 Å². The van der Waals surface area contributed by atoms with Crippen molar-refractivity contribution in [2.24, 2.45) is 0 Å². The second kappa shape index (κ2) is 19.2. The highest BCUT2D eigenvalue weighted by Gasteiger charge is 2.18. The van der Waals surface area contributed by atoms with Gasteiger partial charge in [-0.25, -0.2) is 0 Å². The lowest BCUT2D eigenvalue weighted by Crippen LogP contribution is -2.16. The second-order valence-corrected chi connectivity index (χ2v) is 13.1. The van der Waals surface area contributed by atoms with Crippen molar-refractivity contribution in [1.29, 1.82) is 0 Å². The molecule has 0 atom stereocenters. The Hall–Kier alpha value is -0.153. The molecule has 0 rings (SSSR count). The van der Waals surface area contributed by atoms with Crippen molar-refractivity contribution in [1.82, 2.24) is 0 Å². The van der Waals surface area contributed by atoms with Crippen LogP contribution >= 0.6 is 0 Å². The number of hydrogen-bond acceptors (Lipinski definition) is 1. The Bertz CT molecular complexity index is 325. The lowest BCUT2D eigenvalue weighted by molar-refractivity contribution is 0.151. The number of halogens is 1. The van der Waals surface area contributed by atoms with Crippen molar-refractivity contribution in [2.45, 2.75) is 129 Å². The van der Waals surface area contributed by atoms with Crippen LogP contribution < -0.4 is 0 Å². The number of unbranched alkanes of at least 4 members (excludes halogenated alkanes) is 15. The fourth-order valence-corrected chi connectivity index (χ4v) is 4.56. The molecule has 0 aliphatic rings. The van der Waals surface area contributed by atoms with Gasteiger partial charge in [-0.05, 0) is 32.5 Å². The molecular weight excluding hydrogens is 351 g/mol. The zero-order valence-electron chi connectivity index (χ0n) is 18.9. The minimum absolute atomic E-state index is 0.722. The Labute approximate surface area is 171 Å². The number of ether oxygens (including phenoxy) is 1. The zero-order chi connectivity index (χ0) is 20.2. The molecule has 162 valence electrons. The minimum Gasteiger partial charge on any atom is -0.377 e. The monoisotopic (exact) mass is 400 g/mol. The normalized spacial score (nSPS) is 11.9. The summed E-state index contributed by atoms with van der Waals surface area (Å²) < 4.78 is 19.0. The Kier molecular flexibility index (Phi) is 19.1. The van der Waals surface area contributed by atoms with E-state index in [0.29, 0.717) is 0 Å². The minimum atomic E-state index is -2.28. The van der Waals surface area contributed by atoms with Crippen LogP contribution in [0.2, 0.25) is 19.1 Å². The summed E-state index contributed by atoms with van der Waals surface area (Å²) >= 11 is 0. The van der Waals surface area contributed by atoms with E-state index in [2.05, 4.69) is 6.58 Å². The van der Waals surface area contributed by atoms with Gasteiger partial charge in [0.05, 0.1) is 6.61 Å². The Morgan fingerprint density at radius 1 is 0.667 bits per heavy atom. The van der Waals surface area contributed by atoms with Crippen molar-refractivity contribution in [2.75, 3.05) is 13.2 Å². The molecule has 1 nitrogen and oxygen atoms in total. The van der Waals surface area contributed by atoms with Crippen molar-refractivity contribution in [3.05, 3.63) is 12.2 Å². The first-order valence-electron chi connectivity index (χ1n) is 11.8. The van der Waals surface area contributed by atoms with Gasteiger partial charge in [0.1, 0.15) is 0 Å². The van der Waals surface area contributed by atoms with Crippen LogP contribution in [0.25, 0.3) is 0 Å². The van der Waals surface area contributed by atoms with Gasteiger partial charge < -0.3 is 8.84 Å². The maximum atomic E-state index is 13.5. The molecule has 0 radical (unpaired) electrons. The molecule has 0 unspecified atom stereocenters. The molecule has 0 heterocycles. The van der Waals surface area contributed by atoms with Gasteiger partial charge in [-0.2, -0.15) is 0 Å². The first kappa shape index (κ1) is 26.8. The van der Waals surface area contributed by atoms with Crippen LogP contribution in [-0.2, 0) is 4.74 Å². The summed E-state index contributed by atoms with van der Waals surface area (Å²) in [5.74, 6) is 0. The highest BCUT2D eigenvalue weighted by atomic mass is 28.4. The van der Waals surface area contributed by atoms with Crippen molar-refractivity contribution >= 4 is 8.41 Å².